The second kappa shape index (κ2) is 5.98. The third kappa shape index (κ3) is 3.76. The van der Waals surface area contributed by atoms with E-state index in [9.17, 15) is 18.4 Å². The molecule has 0 radical (unpaired) electrons. The minimum absolute atomic E-state index is 0.335. The zero-order chi connectivity index (χ0) is 15.5. The molecule has 1 aromatic rings. The highest BCUT2D eigenvalue weighted by molar-refractivity contribution is 6.39. The number of halogens is 2. The Labute approximate surface area is 116 Å². The van der Waals surface area contributed by atoms with Crippen molar-refractivity contribution in [2.24, 2.45) is 0 Å². The van der Waals surface area contributed by atoms with Crippen molar-refractivity contribution in [3.05, 3.63) is 29.8 Å². The fourth-order valence-corrected chi connectivity index (χ4v) is 1.81. The molecule has 0 saturated carbocycles. The van der Waals surface area contributed by atoms with E-state index in [1.54, 1.807) is 27.7 Å². The molecular weight excluding hydrogens is 266 g/mol. The lowest BCUT2D eigenvalue weighted by atomic mass is 10.1. The average Bonchev–Trinajstić information content (AvgIpc) is 2.32. The number of amides is 2. The monoisotopic (exact) mass is 284 g/mol. The molecule has 20 heavy (non-hydrogen) atoms. The van der Waals surface area contributed by atoms with Crippen LogP contribution >= 0.6 is 0 Å². The maximum Gasteiger partial charge on any atom is 0.314 e. The standard InChI is InChI=1S/C14H18F2N2O2/c1-5-18(14(2,3)4)13(20)12(19)17-11-8-9(15)6-7-10(11)16/h6-8H,5H2,1-4H3,(H,17,19). The number of carbonyl (C=O) groups is 2. The number of nitrogens with one attached hydrogen (secondary N) is 1. The number of hydrogen-bond donors (Lipinski definition) is 1. The van der Waals surface area contributed by atoms with Gasteiger partial charge >= 0.3 is 11.8 Å². The molecular formula is C14H18F2N2O2. The van der Waals surface area contributed by atoms with Crippen molar-refractivity contribution in [2.45, 2.75) is 33.2 Å². The average molecular weight is 284 g/mol. The normalized spacial score (nSPS) is 11.1. The van der Waals surface area contributed by atoms with Crippen LogP contribution in [0.1, 0.15) is 27.7 Å². The van der Waals surface area contributed by atoms with E-state index in [2.05, 4.69) is 5.32 Å². The lowest BCUT2D eigenvalue weighted by molar-refractivity contribution is -0.146. The van der Waals surface area contributed by atoms with E-state index in [1.807, 2.05) is 0 Å². The Morgan fingerprint density at radius 1 is 1.25 bits per heavy atom. The second-order valence-corrected chi connectivity index (χ2v) is 5.30. The van der Waals surface area contributed by atoms with Crippen LogP contribution in [-0.4, -0.2) is 28.8 Å². The zero-order valence-corrected chi connectivity index (χ0v) is 12.0. The number of likely N-dealkylation sites (N-methyl/N-ethyl adjacent to an activating group) is 1. The van der Waals surface area contributed by atoms with Gasteiger partial charge in [-0.1, -0.05) is 0 Å². The van der Waals surface area contributed by atoms with Crippen molar-refractivity contribution in [1.29, 1.82) is 0 Å². The zero-order valence-electron chi connectivity index (χ0n) is 12.0. The van der Waals surface area contributed by atoms with Crippen LogP contribution in [-0.2, 0) is 9.59 Å². The molecule has 0 bridgehead atoms. The SMILES string of the molecule is CCN(C(=O)C(=O)Nc1cc(F)ccc1F)C(C)(C)C. The van der Waals surface area contributed by atoms with Gasteiger partial charge in [-0.2, -0.15) is 0 Å². The van der Waals surface area contributed by atoms with Gasteiger partial charge in [-0.05, 0) is 39.8 Å². The summed E-state index contributed by atoms with van der Waals surface area (Å²) in [7, 11) is 0. The number of hydrogen-bond acceptors (Lipinski definition) is 2. The highest BCUT2D eigenvalue weighted by Crippen LogP contribution is 2.17. The van der Waals surface area contributed by atoms with Crippen LogP contribution < -0.4 is 5.32 Å². The van der Waals surface area contributed by atoms with Gasteiger partial charge in [0, 0.05) is 18.2 Å². The fourth-order valence-electron chi connectivity index (χ4n) is 1.81. The van der Waals surface area contributed by atoms with E-state index in [4.69, 9.17) is 0 Å². The molecule has 0 aliphatic heterocycles. The topological polar surface area (TPSA) is 49.4 Å². The largest absolute Gasteiger partial charge is 0.330 e. The van der Waals surface area contributed by atoms with Gasteiger partial charge in [0.25, 0.3) is 0 Å². The van der Waals surface area contributed by atoms with Gasteiger partial charge in [0.15, 0.2) is 0 Å². The van der Waals surface area contributed by atoms with Crippen molar-refractivity contribution < 1.29 is 18.4 Å². The molecule has 0 saturated heterocycles. The van der Waals surface area contributed by atoms with Crippen LogP contribution in [0.5, 0.6) is 0 Å². The summed E-state index contributed by atoms with van der Waals surface area (Å²) < 4.78 is 26.4. The van der Waals surface area contributed by atoms with E-state index < -0.39 is 29.0 Å². The molecule has 0 aromatic heterocycles. The second-order valence-electron chi connectivity index (χ2n) is 5.30. The van der Waals surface area contributed by atoms with E-state index in [0.717, 1.165) is 18.2 Å². The van der Waals surface area contributed by atoms with Crippen LogP contribution in [0.15, 0.2) is 18.2 Å². The van der Waals surface area contributed by atoms with E-state index in [-0.39, 0.29) is 5.69 Å². The van der Waals surface area contributed by atoms with Crippen LogP contribution in [0, 0.1) is 11.6 Å². The van der Waals surface area contributed by atoms with Gasteiger partial charge in [-0.3, -0.25) is 9.59 Å². The predicted octanol–water partition coefficient (Wildman–Crippen LogP) is 2.55. The molecule has 0 aliphatic rings. The minimum Gasteiger partial charge on any atom is -0.330 e. The number of carbonyl (C=O) groups excluding carboxylic acids is 2. The highest BCUT2D eigenvalue weighted by Gasteiger charge is 2.30. The van der Waals surface area contributed by atoms with Gasteiger partial charge in [-0.25, -0.2) is 8.78 Å². The van der Waals surface area contributed by atoms with Crippen LogP contribution in [0.3, 0.4) is 0 Å². The first-order valence-electron chi connectivity index (χ1n) is 6.24. The molecule has 1 aromatic carbocycles. The van der Waals surface area contributed by atoms with Crippen LogP contribution in [0.2, 0.25) is 0 Å². The smallest absolute Gasteiger partial charge is 0.314 e. The summed E-state index contributed by atoms with van der Waals surface area (Å²) in [4.78, 5) is 25.2. The molecule has 2 amide bonds. The van der Waals surface area contributed by atoms with Crippen molar-refractivity contribution in [3.63, 3.8) is 0 Å². The summed E-state index contributed by atoms with van der Waals surface area (Å²) in [5.74, 6) is -3.28. The molecule has 110 valence electrons. The lowest BCUT2D eigenvalue weighted by Crippen LogP contribution is -2.49. The third-order valence-corrected chi connectivity index (χ3v) is 2.74. The van der Waals surface area contributed by atoms with Crippen molar-refractivity contribution in [1.82, 2.24) is 4.90 Å². The summed E-state index contributed by atoms with van der Waals surface area (Å²) in [5, 5.41) is 2.09. The fraction of sp³-hybridized carbons (Fsp3) is 0.429. The number of anilines is 1. The molecule has 0 atom stereocenters. The molecule has 0 spiro atoms. The maximum absolute atomic E-state index is 13.4. The Morgan fingerprint density at radius 3 is 2.35 bits per heavy atom. The lowest BCUT2D eigenvalue weighted by Gasteiger charge is -2.34. The first kappa shape index (κ1) is 16.1. The Morgan fingerprint density at radius 2 is 1.85 bits per heavy atom. The summed E-state index contributed by atoms with van der Waals surface area (Å²) in [6.07, 6.45) is 0. The first-order chi connectivity index (χ1) is 9.16. The van der Waals surface area contributed by atoms with E-state index in [1.165, 1.54) is 4.90 Å². The van der Waals surface area contributed by atoms with Crippen molar-refractivity contribution in [2.75, 3.05) is 11.9 Å². The molecule has 6 heteroatoms. The van der Waals surface area contributed by atoms with Gasteiger partial charge in [-0.15, -0.1) is 0 Å². The summed E-state index contributed by atoms with van der Waals surface area (Å²) in [6, 6.07) is 2.64. The van der Waals surface area contributed by atoms with E-state index in [0.29, 0.717) is 6.54 Å². The van der Waals surface area contributed by atoms with Crippen molar-refractivity contribution in [3.8, 4) is 0 Å². The number of benzene rings is 1. The molecule has 0 aliphatic carbocycles. The molecule has 1 rings (SSSR count). The molecule has 0 fully saturated rings. The number of nitrogens with zero attached hydrogens (tertiary/aromatic N) is 1. The Balaban J connectivity index is 2.90. The minimum atomic E-state index is -0.994. The predicted molar refractivity (Wildman–Crippen MR) is 72.1 cm³/mol. The molecule has 0 unspecified atom stereocenters. The van der Waals surface area contributed by atoms with Gasteiger partial charge < -0.3 is 10.2 Å². The van der Waals surface area contributed by atoms with Crippen LogP contribution in [0.25, 0.3) is 0 Å². The highest BCUT2D eigenvalue weighted by atomic mass is 19.1. The third-order valence-electron chi connectivity index (χ3n) is 2.74. The van der Waals surface area contributed by atoms with E-state index >= 15 is 0 Å². The summed E-state index contributed by atoms with van der Waals surface area (Å²) in [6.45, 7) is 7.42. The molecule has 1 N–H and O–H groups in total. The van der Waals surface area contributed by atoms with Gasteiger partial charge in [0.05, 0.1) is 5.69 Å². The summed E-state index contributed by atoms with van der Waals surface area (Å²) in [5.41, 5.74) is -0.891. The Bertz CT molecular complexity index is 524. The van der Waals surface area contributed by atoms with Gasteiger partial charge in [0.1, 0.15) is 11.6 Å². The molecule has 4 nitrogen and oxygen atoms in total. The number of rotatable bonds is 2. The molecule has 0 heterocycles. The van der Waals surface area contributed by atoms with Crippen LogP contribution in [0.4, 0.5) is 14.5 Å². The first-order valence-corrected chi connectivity index (χ1v) is 6.24. The summed E-state index contributed by atoms with van der Waals surface area (Å²) >= 11 is 0. The van der Waals surface area contributed by atoms with Gasteiger partial charge in [0.2, 0.25) is 0 Å². The quantitative estimate of drug-likeness (QED) is 0.848. The van der Waals surface area contributed by atoms with Crippen molar-refractivity contribution >= 4 is 17.5 Å². The maximum atomic E-state index is 13.4. The Kier molecular flexibility index (Phi) is 4.81. The Hall–Kier alpha value is -1.98.